The molecule has 0 aliphatic carbocycles. The third-order valence-electron chi connectivity index (χ3n) is 15.8. The minimum Gasteiger partial charge on any atom is -0.778 e. The summed E-state index contributed by atoms with van der Waals surface area (Å²) in [6, 6.07) is 52.5. The first-order valence-corrected chi connectivity index (χ1v) is 46.5. The number of para-hydroxylation sites is 7. The molecule has 7 aromatic rings. The van der Waals surface area contributed by atoms with Crippen LogP contribution in [-0.2, 0) is 109 Å². The second kappa shape index (κ2) is 43.4. The van der Waals surface area contributed by atoms with Crippen LogP contribution in [0.4, 0.5) is 39.8 Å². The standard InChI is InChI=1S/2C19H20N2O6P2.2C10H13NO6P2.C9H9NO.4Na/c2*22-28(23,26-11-16-9-14-5-1-3-7-18(14)20-16)13-29(24,25)27-12-17-10-15-6-2-4-8-19(15)21-17;2*12-18(13,14)7-19(15,16)17-6-9-5-8-3-1-2-4-10(8)11-9;11-6-8-5-7-3-1-2-4-9(7)10-8;;;;/h2*1-8H,9-13H2,(H,22,23)(H,24,25);2*1-4H,5-7H2,(H,15,16)(H2,12,13,14);1-4,11H,5-6H2;;;;/q;;;;;4*+1/p-4. The van der Waals surface area contributed by atoms with Gasteiger partial charge in [-0.05, 0) is 81.4 Å². The summed E-state index contributed by atoms with van der Waals surface area (Å²) in [6.45, 7) is -1.48. The maximum atomic E-state index is 12.1. The largest absolute Gasteiger partial charge is 1.00 e. The van der Waals surface area contributed by atoms with Gasteiger partial charge >= 0.3 is 133 Å². The van der Waals surface area contributed by atoms with Gasteiger partial charge in [-0.3, -0.25) is 44.4 Å². The van der Waals surface area contributed by atoms with E-state index < -0.39 is 84.4 Å². The molecule has 7 aliphatic heterocycles. The molecule has 32 nitrogen and oxygen atoms in total. The van der Waals surface area contributed by atoms with Gasteiger partial charge in [0, 0.05) is 84.9 Å². The van der Waals surface area contributed by atoms with E-state index in [1.54, 1.807) is 6.07 Å². The SMILES string of the molecule is O=P(O)([OH2+])CP(=O)([OH2+])OCC1=Nc2ccccc2C1.O=P([O-])(CP(=O)([O-])OCC1=Nc2ccccc2C1)OCC1=Nc2ccccc2C1.O=P([O-])(CP(=O)([O-])OCC1=Nc2ccccc2C1)OCC1=Nc2ccccc2C1.O=P([O-])(O)CP(=O)([O-])OCC1=Nc2ccccc2C1.OCC1=Nc2ccccc2C1.[Na+].[Na+].[Na+].[Na+]. The van der Waals surface area contributed by atoms with E-state index in [1.807, 2.05) is 164 Å². The Labute approximate surface area is 727 Å². The summed E-state index contributed by atoms with van der Waals surface area (Å²) in [5.74, 6) is -4.78. The van der Waals surface area contributed by atoms with Gasteiger partial charge in [-0.25, -0.2) is 9.13 Å². The van der Waals surface area contributed by atoms with E-state index in [1.165, 1.54) is 5.56 Å². The zero-order valence-electron chi connectivity index (χ0n) is 60.6. The fourth-order valence-corrected chi connectivity index (χ4v) is 22.4. The maximum Gasteiger partial charge on any atom is 1.00 e. The van der Waals surface area contributed by atoms with Crippen molar-refractivity contribution in [3.63, 3.8) is 0 Å². The third kappa shape index (κ3) is 32.2. The van der Waals surface area contributed by atoms with E-state index >= 15 is 0 Å². The number of aliphatic imine (C=N–C) groups is 7. The Kier molecular flexibility index (Phi) is 38.0. The van der Waals surface area contributed by atoms with Gasteiger partial charge in [-0.2, -0.15) is 0 Å². The van der Waals surface area contributed by atoms with Crippen molar-refractivity contribution in [1.82, 2.24) is 0 Å². The Bertz CT molecular complexity index is 4690. The van der Waals surface area contributed by atoms with Crippen molar-refractivity contribution < 1.29 is 236 Å². The molecule has 0 aromatic heterocycles. The van der Waals surface area contributed by atoms with E-state index in [2.05, 4.69) is 39.5 Å². The van der Waals surface area contributed by atoms with Crippen LogP contribution in [0.5, 0.6) is 0 Å². The molecule has 0 amide bonds. The van der Waals surface area contributed by atoms with Gasteiger partial charge in [-0.1, -0.05) is 127 Å². The summed E-state index contributed by atoms with van der Waals surface area (Å²) in [5.41, 5.74) is 16.8. The van der Waals surface area contributed by atoms with Crippen molar-refractivity contribution in [3.05, 3.63) is 209 Å². The van der Waals surface area contributed by atoms with Crippen molar-refractivity contribution >= 4 is 141 Å². The fraction of sp³-hybridized carbons (Fsp3) is 0.269. The summed E-state index contributed by atoms with van der Waals surface area (Å²) in [6.07, 6.45) is 3.72. The Morgan fingerprint density at radius 2 is 0.468 bits per heavy atom. The molecule has 8 atom stereocenters. The van der Waals surface area contributed by atoms with Gasteiger partial charge in [0.05, 0.1) is 104 Å². The van der Waals surface area contributed by atoms with Crippen LogP contribution in [0.15, 0.2) is 205 Å². The first kappa shape index (κ1) is 97.2. The topological polar surface area (TPSA) is 523 Å². The van der Waals surface area contributed by atoms with Crippen LogP contribution in [0.3, 0.4) is 0 Å². The van der Waals surface area contributed by atoms with Gasteiger partial charge < -0.3 is 99.2 Å². The van der Waals surface area contributed by atoms with Crippen molar-refractivity contribution in [2.24, 2.45) is 34.9 Å². The minimum absolute atomic E-state index is 0. The summed E-state index contributed by atoms with van der Waals surface area (Å²) in [5, 5.41) is 8.81. The average molecular weight is 1710 g/mol. The molecule has 0 radical (unpaired) electrons. The first-order chi connectivity index (χ1) is 50.5. The van der Waals surface area contributed by atoms with E-state index in [9.17, 15) is 65.9 Å². The molecule has 7 N–H and O–H groups in total. The smallest absolute Gasteiger partial charge is 0.778 e. The molecule has 0 bridgehead atoms. The molecule has 7 aromatic carbocycles. The number of nitrogens with zero attached hydrogens (tertiary/aromatic N) is 7. The number of rotatable bonds is 27. The summed E-state index contributed by atoms with van der Waals surface area (Å²) in [7, 11) is -36.4. The summed E-state index contributed by atoms with van der Waals surface area (Å²) < 4.78 is 122. The monoisotopic (exact) mass is 1710 g/mol. The molecule has 0 saturated carbocycles. The van der Waals surface area contributed by atoms with Gasteiger partial charge in [-0.15, -0.1) is 0 Å². The predicted octanol–water partition coefficient (Wildman–Crippen LogP) is -3.69. The Balaban J connectivity index is 0.000000221. The average Bonchev–Trinajstić information content (AvgIpc) is 1.78. The van der Waals surface area contributed by atoms with Crippen LogP contribution in [0.1, 0.15) is 38.9 Å². The number of hydrogen-bond donors (Lipinski definition) is 3. The molecule has 8 unspecified atom stereocenters. The van der Waals surface area contributed by atoms with Gasteiger partial charge in [0.2, 0.25) is 5.90 Å². The number of fused-ring (bicyclic) bond motifs is 7. The van der Waals surface area contributed by atoms with E-state index in [0.717, 1.165) is 85.3 Å². The Morgan fingerprint density at radius 1 is 0.288 bits per heavy atom. The zero-order chi connectivity index (χ0) is 76.8. The molecule has 111 heavy (non-hydrogen) atoms. The van der Waals surface area contributed by atoms with Crippen molar-refractivity contribution in [1.29, 1.82) is 0 Å². The molecule has 0 fully saturated rings. The molecular formula is C67H71N7Na4O25P8. The van der Waals surface area contributed by atoms with E-state index in [4.69, 9.17) is 47.3 Å². The maximum absolute atomic E-state index is 12.1. The van der Waals surface area contributed by atoms with Crippen LogP contribution in [-0.4, -0.2) is 135 Å². The molecule has 0 spiro atoms. The number of aliphatic hydroxyl groups is 1. The normalized spacial score (nSPS) is 18.3. The van der Waals surface area contributed by atoms with Crippen molar-refractivity contribution in [2.45, 2.75) is 44.9 Å². The number of aliphatic hydroxyl groups excluding tert-OH is 1. The summed E-state index contributed by atoms with van der Waals surface area (Å²) >= 11 is 0. The summed E-state index contributed by atoms with van der Waals surface area (Å²) in [4.78, 5) is 132. The molecule has 14 rings (SSSR count). The van der Waals surface area contributed by atoms with Crippen LogP contribution in [0.2, 0.25) is 0 Å². The predicted molar refractivity (Wildman–Crippen MR) is 395 cm³/mol. The molecule has 568 valence electrons. The molecule has 7 aliphatic rings. The minimum atomic E-state index is -4.90. The first-order valence-electron chi connectivity index (χ1n) is 32.4. The molecule has 0 saturated heterocycles. The molecule has 7 heterocycles. The van der Waals surface area contributed by atoms with Gasteiger partial charge in [0.1, 0.15) is 45.6 Å². The van der Waals surface area contributed by atoms with Crippen LogP contribution in [0.25, 0.3) is 0 Å². The quantitative estimate of drug-likeness (QED) is 0.0253. The third-order valence-corrected chi connectivity index (χ3v) is 30.4. The Morgan fingerprint density at radius 3 is 0.658 bits per heavy atom. The molecular weight excluding hydrogens is 1640 g/mol. The molecule has 44 heteroatoms. The van der Waals surface area contributed by atoms with E-state index in [0.29, 0.717) is 72.8 Å². The van der Waals surface area contributed by atoms with Crippen molar-refractivity contribution in [2.75, 3.05) is 69.9 Å². The Hall–Kier alpha value is -2.61. The number of hydrogen-bond acceptors (Lipinski definition) is 28. The fourth-order valence-electron chi connectivity index (χ4n) is 11.2. The van der Waals surface area contributed by atoms with Gasteiger partial charge in [0.25, 0.3) is 0 Å². The van der Waals surface area contributed by atoms with Gasteiger partial charge in [0.15, 0.2) is 0 Å². The van der Waals surface area contributed by atoms with Crippen LogP contribution < -0.4 is 148 Å². The zero-order valence-corrected chi connectivity index (χ0v) is 75.8. The second-order valence-electron chi connectivity index (χ2n) is 24.8. The number of benzene rings is 7. The van der Waals surface area contributed by atoms with Crippen LogP contribution in [0, 0.1) is 0 Å². The van der Waals surface area contributed by atoms with Crippen molar-refractivity contribution in [3.8, 4) is 0 Å². The van der Waals surface area contributed by atoms with Crippen LogP contribution >= 0.6 is 60.8 Å². The van der Waals surface area contributed by atoms with E-state index in [-0.39, 0.29) is 164 Å². The second-order valence-corrected chi connectivity index (χ2v) is 41.0.